The van der Waals surface area contributed by atoms with Crippen molar-refractivity contribution < 1.29 is 13.2 Å². The molecule has 0 radical (unpaired) electrons. The number of benzene rings is 1. The van der Waals surface area contributed by atoms with E-state index in [9.17, 15) is 13.2 Å². The maximum atomic E-state index is 12.6. The topological polar surface area (TPSA) is 120 Å². The third-order valence-electron chi connectivity index (χ3n) is 4.00. The first kappa shape index (κ1) is 21.4. The smallest absolute Gasteiger partial charge is 0.239 e. The molecule has 1 aromatic carbocycles. The molecule has 29 heavy (non-hydrogen) atoms. The van der Waals surface area contributed by atoms with E-state index < -0.39 is 15.1 Å². The number of nitrogens with zero attached hydrogens (tertiary/aromatic N) is 5. The van der Waals surface area contributed by atoms with Crippen LogP contribution < -0.4 is 5.32 Å². The molecular weight excluding hydrogens is 432 g/mol. The average Bonchev–Trinajstić information content (AvgIpc) is 3.30. The Hall–Kier alpha value is -2.31. The van der Waals surface area contributed by atoms with Crippen LogP contribution in [0.25, 0.3) is 0 Å². The third kappa shape index (κ3) is 5.19. The molecule has 154 valence electrons. The maximum Gasteiger partial charge on any atom is 0.239 e. The standard InChI is InChI=1S/C17H20N6O3S3/c1-4-14-20-21-16(28-14)18-15(24)11(2)27-17-22-19-13(23(17)3)10-29(25,26)12-8-6-5-7-9-12/h5-9,11H,4,10H2,1-3H3,(H,18,21,24). The number of carbonyl (C=O) groups excluding carboxylic acids is 1. The maximum absolute atomic E-state index is 12.6. The Kier molecular flexibility index (Phi) is 6.65. The highest BCUT2D eigenvalue weighted by Gasteiger charge is 2.23. The van der Waals surface area contributed by atoms with Gasteiger partial charge in [0.05, 0.1) is 10.1 Å². The molecule has 2 aromatic heterocycles. The van der Waals surface area contributed by atoms with Gasteiger partial charge in [0.25, 0.3) is 0 Å². The lowest BCUT2D eigenvalue weighted by atomic mass is 10.4. The summed E-state index contributed by atoms with van der Waals surface area (Å²) in [5.41, 5.74) is 0. The largest absolute Gasteiger partial charge is 0.308 e. The van der Waals surface area contributed by atoms with Gasteiger partial charge in [0.1, 0.15) is 16.6 Å². The number of hydrogen-bond acceptors (Lipinski definition) is 9. The number of anilines is 1. The van der Waals surface area contributed by atoms with Gasteiger partial charge in [-0.2, -0.15) is 0 Å². The predicted octanol–water partition coefficient (Wildman–Crippen LogP) is 2.32. The van der Waals surface area contributed by atoms with Gasteiger partial charge in [0, 0.05) is 7.05 Å². The first-order chi connectivity index (χ1) is 13.8. The number of carbonyl (C=O) groups is 1. The van der Waals surface area contributed by atoms with Gasteiger partial charge >= 0.3 is 0 Å². The third-order valence-corrected chi connectivity index (χ3v) is 7.74. The Labute approximate surface area is 176 Å². The first-order valence-corrected chi connectivity index (χ1v) is 12.1. The Balaban J connectivity index is 1.66. The van der Waals surface area contributed by atoms with E-state index >= 15 is 0 Å². The normalized spacial score (nSPS) is 12.7. The molecule has 0 saturated carbocycles. The average molecular weight is 453 g/mol. The second-order valence-electron chi connectivity index (χ2n) is 6.13. The lowest BCUT2D eigenvalue weighted by Gasteiger charge is -2.10. The van der Waals surface area contributed by atoms with Crippen molar-refractivity contribution in [2.75, 3.05) is 5.32 Å². The molecule has 3 rings (SSSR count). The van der Waals surface area contributed by atoms with Crippen LogP contribution in [0.1, 0.15) is 24.7 Å². The lowest BCUT2D eigenvalue weighted by Crippen LogP contribution is -2.22. The van der Waals surface area contributed by atoms with Gasteiger partial charge in [-0.15, -0.1) is 20.4 Å². The highest BCUT2D eigenvalue weighted by molar-refractivity contribution is 8.00. The number of nitrogens with one attached hydrogen (secondary N) is 1. The number of hydrogen-bond donors (Lipinski definition) is 1. The van der Waals surface area contributed by atoms with E-state index in [-0.39, 0.29) is 16.6 Å². The highest BCUT2D eigenvalue weighted by atomic mass is 32.2. The fourth-order valence-electron chi connectivity index (χ4n) is 2.32. The summed E-state index contributed by atoms with van der Waals surface area (Å²) in [6.07, 6.45) is 0.755. The summed E-state index contributed by atoms with van der Waals surface area (Å²) in [6, 6.07) is 8.20. The molecule has 0 spiro atoms. The fourth-order valence-corrected chi connectivity index (χ4v) is 5.17. The number of amides is 1. The van der Waals surface area contributed by atoms with Crippen LogP contribution in [0.3, 0.4) is 0 Å². The van der Waals surface area contributed by atoms with Crippen LogP contribution in [-0.4, -0.2) is 44.5 Å². The van der Waals surface area contributed by atoms with Crippen molar-refractivity contribution >= 4 is 44.0 Å². The van der Waals surface area contributed by atoms with Gasteiger partial charge in [0.2, 0.25) is 11.0 Å². The first-order valence-electron chi connectivity index (χ1n) is 8.76. The van der Waals surface area contributed by atoms with Crippen LogP contribution >= 0.6 is 23.1 Å². The molecule has 0 bridgehead atoms. The highest BCUT2D eigenvalue weighted by Crippen LogP contribution is 2.25. The minimum atomic E-state index is -3.53. The van der Waals surface area contributed by atoms with Crippen molar-refractivity contribution in [2.24, 2.45) is 7.05 Å². The molecule has 1 amide bonds. The summed E-state index contributed by atoms with van der Waals surface area (Å²) in [5.74, 6) is -0.206. The molecule has 0 aliphatic rings. The Morgan fingerprint density at radius 3 is 2.59 bits per heavy atom. The molecule has 1 atom stereocenters. The molecular formula is C17H20N6O3S3. The number of sulfone groups is 1. The lowest BCUT2D eigenvalue weighted by molar-refractivity contribution is -0.115. The number of aryl methyl sites for hydroxylation is 1. The summed E-state index contributed by atoms with van der Waals surface area (Å²) < 4.78 is 26.7. The number of aromatic nitrogens is 5. The molecule has 1 unspecified atom stereocenters. The SMILES string of the molecule is CCc1nnc(NC(=O)C(C)Sc2nnc(CS(=O)(=O)c3ccccc3)n2C)s1. The Bertz CT molecular complexity index is 1090. The van der Waals surface area contributed by atoms with Gasteiger partial charge in [-0.05, 0) is 25.5 Å². The van der Waals surface area contributed by atoms with E-state index in [1.807, 2.05) is 6.92 Å². The minimum absolute atomic E-state index is 0.230. The Morgan fingerprint density at radius 1 is 1.21 bits per heavy atom. The van der Waals surface area contributed by atoms with Crippen LogP contribution in [0.2, 0.25) is 0 Å². The van der Waals surface area contributed by atoms with Crippen LogP contribution in [-0.2, 0) is 33.9 Å². The second-order valence-corrected chi connectivity index (χ2v) is 10.5. The van der Waals surface area contributed by atoms with E-state index in [0.717, 1.165) is 11.4 Å². The molecule has 0 fully saturated rings. The summed E-state index contributed by atoms with van der Waals surface area (Å²) in [6.45, 7) is 3.70. The van der Waals surface area contributed by atoms with Crippen molar-refractivity contribution in [3.8, 4) is 0 Å². The summed E-state index contributed by atoms with van der Waals surface area (Å²) >= 11 is 2.52. The molecule has 0 aliphatic carbocycles. The monoisotopic (exact) mass is 452 g/mol. The van der Waals surface area contributed by atoms with Crippen molar-refractivity contribution in [2.45, 2.75) is 41.3 Å². The van der Waals surface area contributed by atoms with E-state index in [1.54, 1.807) is 48.9 Å². The van der Waals surface area contributed by atoms with Gasteiger partial charge in [-0.1, -0.05) is 48.2 Å². The molecule has 1 N–H and O–H groups in total. The van der Waals surface area contributed by atoms with E-state index in [4.69, 9.17) is 0 Å². The fraction of sp³-hybridized carbons (Fsp3) is 0.353. The van der Waals surface area contributed by atoms with E-state index in [0.29, 0.717) is 16.1 Å². The quantitative estimate of drug-likeness (QED) is 0.517. The predicted molar refractivity (Wildman–Crippen MR) is 112 cm³/mol. The second kappa shape index (κ2) is 9.01. The van der Waals surface area contributed by atoms with Gasteiger partial charge in [-0.25, -0.2) is 8.42 Å². The van der Waals surface area contributed by atoms with Crippen molar-refractivity contribution in [3.05, 3.63) is 41.2 Å². The van der Waals surface area contributed by atoms with Crippen molar-refractivity contribution in [3.63, 3.8) is 0 Å². The number of rotatable bonds is 8. The van der Waals surface area contributed by atoms with E-state index in [1.165, 1.54) is 23.1 Å². The zero-order valence-corrected chi connectivity index (χ0v) is 18.5. The Morgan fingerprint density at radius 2 is 1.93 bits per heavy atom. The molecule has 0 aliphatic heterocycles. The molecule has 3 aromatic rings. The molecule has 12 heteroatoms. The molecule has 2 heterocycles. The van der Waals surface area contributed by atoms with Gasteiger partial charge in [0.15, 0.2) is 15.0 Å². The molecule has 0 saturated heterocycles. The van der Waals surface area contributed by atoms with Crippen LogP contribution in [0.15, 0.2) is 40.4 Å². The van der Waals surface area contributed by atoms with Crippen LogP contribution in [0.5, 0.6) is 0 Å². The summed E-state index contributed by atoms with van der Waals surface area (Å²) in [5, 5.41) is 20.0. The summed E-state index contributed by atoms with van der Waals surface area (Å²) in [4.78, 5) is 12.6. The zero-order valence-electron chi connectivity index (χ0n) is 16.1. The van der Waals surface area contributed by atoms with Crippen molar-refractivity contribution in [1.82, 2.24) is 25.0 Å². The van der Waals surface area contributed by atoms with Crippen LogP contribution in [0, 0.1) is 0 Å². The van der Waals surface area contributed by atoms with Gasteiger partial charge in [-0.3, -0.25) is 10.1 Å². The van der Waals surface area contributed by atoms with E-state index in [2.05, 4.69) is 25.7 Å². The summed E-state index contributed by atoms with van der Waals surface area (Å²) in [7, 11) is -1.85. The van der Waals surface area contributed by atoms with Gasteiger partial charge < -0.3 is 4.57 Å². The van der Waals surface area contributed by atoms with Crippen molar-refractivity contribution in [1.29, 1.82) is 0 Å². The minimum Gasteiger partial charge on any atom is -0.308 e. The zero-order chi connectivity index (χ0) is 21.0. The molecule has 9 nitrogen and oxygen atoms in total. The van der Waals surface area contributed by atoms with Crippen LogP contribution in [0.4, 0.5) is 5.13 Å². The number of thioether (sulfide) groups is 1.